The molecule has 0 bridgehead atoms. The van der Waals surface area contributed by atoms with Gasteiger partial charge in [-0.2, -0.15) is 0 Å². The average Bonchev–Trinajstić information content (AvgIpc) is 2.63. The second-order valence-electron chi connectivity index (χ2n) is 5.44. The number of hydrogen-bond donors (Lipinski definition) is 1. The van der Waals surface area contributed by atoms with Gasteiger partial charge in [0.05, 0.1) is 5.69 Å². The molecule has 0 radical (unpaired) electrons. The van der Waals surface area contributed by atoms with Gasteiger partial charge in [-0.15, -0.1) is 0 Å². The molecule has 1 aromatic heterocycles. The molecule has 1 aliphatic heterocycles. The fraction of sp³-hybridized carbons (Fsp3) is 0.353. The third kappa shape index (κ3) is 3.59. The molecule has 3 rings (SSSR count). The normalized spacial score (nSPS) is 14.7. The second kappa shape index (κ2) is 7.09. The maximum absolute atomic E-state index is 11.9. The van der Waals surface area contributed by atoms with Crippen molar-refractivity contribution in [2.75, 3.05) is 37.6 Å². The molecule has 2 aromatic rings. The Hall–Kier alpha value is -2.63. The van der Waals surface area contributed by atoms with Crippen LogP contribution in [0.25, 0.3) is 11.3 Å². The Kier molecular flexibility index (Phi) is 4.71. The smallest absolute Gasteiger partial charge is 0.317 e. The molecule has 6 heteroatoms. The van der Waals surface area contributed by atoms with E-state index in [-0.39, 0.29) is 6.03 Å². The number of nitrogens with one attached hydrogen (secondary N) is 1. The molecule has 0 atom stereocenters. The van der Waals surface area contributed by atoms with Gasteiger partial charge in [0, 0.05) is 44.4 Å². The molecule has 1 saturated heterocycles. The lowest BCUT2D eigenvalue weighted by Gasteiger charge is -2.35. The van der Waals surface area contributed by atoms with Gasteiger partial charge in [-0.3, -0.25) is 0 Å². The summed E-state index contributed by atoms with van der Waals surface area (Å²) in [5, 5.41) is 2.84. The van der Waals surface area contributed by atoms with Gasteiger partial charge in [-0.25, -0.2) is 14.8 Å². The summed E-state index contributed by atoms with van der Waals surface area (Å²) in [5.74, 6) is 0.911. The maximum Gasteiger partial charge on any atom is 0.317 e. The molecule has 1 N–H and O–H groups in total. The third-order valence-corrected chi connectivity index (χ3v) is 3.94. The van der Waals surface area contributed by atoms with Crippen LogP contribution < -0.4 is 10.2 Å². The number of carbonyl (C=O) groups excluding carboxylic acids is 1. The first-order chi connectivity index (χ1) is 11.3. The van der Waals surface area contributed by atoms with Crippen molar-refractivity contribution in [3.05, 3.63) is 42.7 Å². The van der Waals surface area contributed by atoms with Crippen molar-refractivity contribution >= 4 is 11.8 Å². The van der Waals surface area contributed by atoms with Crippen LogP contribution in [0.1, 0.15) is 6.92 Å². The van der Waals surface area contributed by atoms with Crippen LogP contribution in [0.3, 0.4) is 0 Å². The molecule has 1 aliphatic rings. The van der Waals surface area contributed by atoms with Crippen molar-refractivity contribution in [1.82, 2.24) is 20.2 Å². The van der Waals surface area contributed by atoms with Gasteiger partial charge < -0.3 is 15.1 Å². The Balaban J connectivity index is 1.68. The van der Waals surface area contributed by atoms with E-state index in [0.717, 1.165) is 30.2 Å². The van der Waals surface area contributed by atoms with Gasteiger partial charge >= 0.3 is 6.03 Å². The molecule has 0 unspecified atom stereocenters. The van der Waals surface area contributed by atoms with E-state index in [0.29, 0.717) is 19.6 Å². The maximum atomic E-state index is 11.9. The predicted molar refractivity (Wildman–Crippen MR) is 90.3 cm³/mol. The van der Waals surface area contributed by atoms with Crippen LogP contribution in [-0.2, 0) is 0 Å². The highest BCUT2D eigenvalue weighted by Crippen LogP contribution is 2.21. The van der Waals surface area contributed by atoms with E-state index in [2.05, 4.69) is 20.2 Å². The molecule has 120 valence electrons. The van der Waals surface area contributed by atoms with Crippen LogP contribution >= 0.6 is 0 Å². The highest BCUT2D eigenvalue weighted by Gasteiger charge is 2.21. The first kappa shape index (κ1) is 15.3. The van der Waals surface area contributed by atoms with Crippen LogP contribution in [0, 0.1) is 0 Å². The molecule has 23 heavy (non-hydrogen) atoms. The average molecular weight is 311 g/mol. The van der Waals surface area contributed by atoms with Crippen molar-refractivity contribution in [3.63, 3.8) is 0 Å². The first-order valence-corrected chi connectivity index (χ1v) is 7.93. The number of carbonyl (C=O) groups is 1. The third-order valence-electron chi connectivity index (χ3n) is 3.94. The number of piperazine rings is 1. The molecule has 1 aromatic carbocycles. The lowest BCUT2D eigenvalue weighted by molar-refractivity contribution is 0.195. The van der Waals surface area contributed by atoms with Crippen molar-refractivity contribution in [2.24, 2.45) is 0 Å². The van der Waals surface area contributed by atoms with Gasteiger partial charge in [0.1, 0.15) is 12.1 Å². The summed E-state index contributed by atoms with van der Waals surface area (Å²) in [5.41, 5.74) is 2.00. The van der Waals surface area contributed by atoms with Crippen LogP contribution in [0.4, 0.5) is 10.6 Å². The van der Waals surface area contributed by atoms with Gasteiger partial charge in [0.2, 0.25) is 0 Å². The van der Waals surface area contributed by atoms with Crippen LogP contribution in [0.15, 0.2) is 42.7 Å². The summed E-state index contributed by atoms with van der Waals surface area (Å²) in [6.07, 6.45) is 1.60. The minimum absolute atomic E-state index is 0.0137. The zero-order chi connectivity index (χ0) is 16.1. The molecular weight excluding hydrogens is 290 g/mol. The standard InChI is InChI=1S/C17H21N5O/c1-2-18-17(23)22-10-8-21(9-11-22)16-12-15(19-13-20-16)14-6-4-3-5-7-14/h3-7,12-13H,2,8-11H2,1H3,(H,18,23). The molecule has 2 heterocycles. The summed E-state index contributed by atoms with van der Waals surface area (Å²) in [6, 6.07) is 12.1. The minimum Gasteiger partial charge on any atom is -0.353 e. The summed E-state index contributed by atoms with van der Waals surface area (Å²) < 4.78 is 0. The lowest BCUT2D eigenvalue weighted by Crippen LogP contribution is -2.52. The Labute approximate surface area is 136 Å². The molecule has 0 spiro atoms. The fourth-order valence-electron chi connectivity index (χ4n) is 2.69. The van der Waals surface area contributed by atoms with E-state index in [1.54, 1.807) is 6.33 Å². The van der Waals surface area contributed by atoms with Crippen LogP contribution in [0.2, 0.25) is 0 Å². The molecular formula is C17H21N5O. The van der Waals surface area contributed by atoms with Gasteiger partial charge in [0.25, 0.3) is 0 Å². The Bertz CT molecular complexity index is 653. The quantitative estimate of drug-likeness (QED) is 0.942. The van der Waals surface area contributed by atoms with E-state index in [4.69, 9.17) is 0 Å². The number of nitrogens with zero attached hydrogens (tertiary/aromatic N) is 4. The van der Waals surface area contributed by atoms with E-state index in [1.807, 2.05) is 48.2 Å². The molecule has 0 saturated carbocycles. The van der Waals surface area contributed by atoms with E-state index < -0.39 is 0 Å². The number of hydrogen-bond acceptors (Lipinski definition) is 4. The number of anilines is 1. The van der Waals surface area contributed by atoms with Gasteiger partial charge in [-0.05, 0) is 6.92 Å². The molecule has 2 amide bonds. The topological polar surface area (TPSA) is 61.4 Å². The van der Waals surface area contributed by atoms with E-state index >= 15 is 0 Å². The van der Waals surface area contributed by atoms with Gasteiger partial charge in [-0.1, -0.05) is 30.3 Å². The highest BCUT2D eigenvalue weighted by molar-refractivity contribution is 5.74. The van der Waals surface area contributed by atoms with Crippen molar-refractivity contribution in [1.29, 1.82) is 0 Å². The van der Waals surface area contributed by atoms with Crippen LogP contribution in [0.5, 0.6) is 0 Å². The largest absolute Gasteiger partial charge is 0.353 e. The Morgan fingerprint density at radius 2 is 1.87 bits per heavy atom. The summed E-state index contributed by atoms with van der Waals surface area (Å²) in [6.45, 7) is 5.56. The summed E-state index contributed by atoms with van der Waals surface area (Å²) in [4.78, 5) is 24.6. The SMILES string of the molecule is CCNC(=O)N1CCN(c2cc(-c3ccccc3)ncn2)CC1. The van der Waals surface area contributed by atoms with E-state index in [1.165, 1.54) is 0 Å². The number of amides is 2. The first-order valence-electron chi connectivity index (χ1n) is 7.93. The highest BCUT2D eigenvalue weighted by atomic mass is 16.2. The number of benzene rings is 1. The number of aromatic nitrogens is 2. The monoisotopic (exact) mass is 311 g/mol. The molecule has 0 aliphatic carbocycles. The van der Waals surface area contributed by atoms with Crippen molar-refractivity contribution in [2.45, 2.75) is 6.92 Å². The van der Waals surface area contributed by atoms with Crippen molar-refractivity contribution in [3.8, 4) is 11.3 Å². The zero-order valence-electron chi connectivity index (χ0n) is 13.3. The predicted octanol–water partition coefficient (Wildman–Crippen LogP) is 2.00. The lowest BCUT2D eigenvalue weighted by atomic mass is 10.1. The second-order valence-corrected chi connectivity index (χ2v) is 5.44. The minimum atomic E-state index is 0.0137. The van der Waals surface area contributed by atoms with Crippen molar-refractivity contribution < 1.29 is 4.79 Å². The fourth-order valence-corrected chi connectivity index (χ4v) is 2.69. The number of urea groups is 1. The van der Waals surface area contributed by atoms with E-state index in [9.17, 15) is 4.79 Å². The Morgan fingerprint density at radius 3 is 2.57 bits per heavy atom. The van der Waals surface area contributed by atoms with Crippen LogP contribution in [-0.4, -0.2) is 53.6 Å². The zero-order valence-corrected chi connectivity index (χ0v) is 13.3. The molecule has 6 nitrogen and oxygen atoms in total. The summed E-state index contributed by atoms with van der Waals surface area (Å²) in [7, 11) is 0. The molecule has 1 fully saturated rings. The van der Waals surface area contributed by atoms with Gasteiger partial charge in [0.15, 0.2) is 0 Å². The Morgan fingerprint density at radius 1 is 1.13 bits per heavy atom. The number of rotatable bonds is 3. The summed E-state index contributed by atoms with van der Waals surface area (Å²) >= 11 is 0.